The van der Waals surface area contributed by atoms with E-state index in [0.29, 0.717) is 0 Å². The molecule has 0 aliphatic heterocycles. The lowest BCUT2D eigenvalue weighted by Gasteiger charge is -2.10. The molecule has 2 aromatic rings. The third-order valence-electron chi connectivity index (χ3n) is 3.94. The Morgan fingerprint density at radius 3 is 2.36 bits per heavy atom. The molecule has 2 aromatic carbocycles. The lowest BCUT2D eigenvalue weighted by Crippen LogP contribution is -2.21. The van der Waals surface area contributed by atoms with Gasteiger partial charge in [0.05, 0.1) is 6.21 Å². The summed E-state index contributed by atoms with van der Waals surface area (Å²) in [6.45, 7) is 5.95. The van der Waals surface area contributed by atoms with Crippen LogP contribution in [0.2, 0.25) is 0 Å². The number of carbonyl (C=O) groups is 2. The molecule has 0 aromatic heterocycles. The normalized spacial score (nSPS) is 10.7. The molecule has 0 heterocycles. The Hall–Kier alpha value is -2.95. The molecule has 0 fully saturated rings. The minimum Gasteiger partial charge on any atom is -0.326 e. The predicted molar refractivity (Wildman–Crippen MR) is 101 cm³/mol. The van der Waals surface area contributed by atoms with Crippen molar-refractivity contribution in [2.24, 2.45) is 5.10 Å². The van der Waals surface area contributed by atoms with Crippen LogP contribution in [0.5, 0.6) is 0 Å². The van der Waals surface area contributed by atoms with Crippen molar-refractivity contribution in [3.8, 4) is 0 Å². The molecular formula is C20H23N3O2. The van der Waals surface area contributed by atoms with E-state index in [1.54, 1.807) is 6.21 Å². The summed E-state index contributed by atoms with van der Waals surface area (Å²) in [5.74, 6) is -0.481. The summed E-state index contributed by atoms with van der Waals surface area (Å²) in [4.78, 5) is 23.7. The molecule has 0 bridgehead atoms. The zero-order chi connectivity index (χ0) is 18.2. The summed E-state index contributed by atoms with van der Waals surface area (Å²) in [6, 6.07) is 13.5. The maximum absolute atomic E-state index is 12.0. The van der Waals surface area contributed by atoms with Gasteiger partial charge in [-0.15, -0.1) is 0 Å². The van der Waals surface area contributed by atoms with Gasteiger partial charge in [-0.05, 0) is 43.5 Å². The summed E-state index contributed by atoms with van der Waals surface area (Å²) < 4.78 is 0. The number of nitrogens with one attached hydrogen (secondary N) is 2. The van der Waals surface area contributed by atoms with E-state index in [1.165, 1.54) is 0 Å². The molecule has 25 heavy (non-hydrogen) atoms. The van der Waals surface area contributed by atoms with Gasteiger partial charge in [-0.25, -0.2) is 5.43 Å². The molecule has 2 rings (SSSR count). The van der Waals surface area contributed by atoms with Crippen molar-refractivity contribution in [3.63, 3.8) is 0 Å². The number of rotatable bonds is 6. The van der Waals surface area contributed by atoms with Crippen LogP contribution >= 0.6 is 0 Å². The van der Waals surface area contributed by atoms with Crippen LogP contribution in [-0.2, 0) is 9.59 Å². The van der Waals surface area contributed by atoms with Crippen LogP contribution in [0.1, 0.15) is 35.1 Å². The monoisotopic (exact) mass is 337 g/mol. The fourth-order valence-corrected chi connectivity index (χ4v) is 2.21. The fraction of sp³-hybridized carbons (Fsp3) is 0.250. The summed E-state index contributed by atoms with van der Waals surface area (Å²) in [5, 5.41) is 6.74. The van der Waals surface area contributed by atoms with Crippen LogP contribution in [0, 0.1) is 20.8 Å². The van der Waals surface area contributed by atoms with E-state index in [0.717, 1.165) is 27.9 Å². The average Bonchev–Trinajstić information content (AvgIpc) is 2.59. The van der Waals surface area contributed by atoms with Crippen LogP contribution < -0.4 is 10.7 Å². The van der Waals surface area contributed by atoms with Crippen molar-refractivity contribution in [3.05, 3.63) is 64.7 Å². The summed E-state index contributed by atoms with van der Waals surface area (Å²) >= 11 is 0. The van der Waals surface area contributed by atoms with Gasteiger partial charge >= 0.3 is 0 Å². The van der Waals surface area contributed by atoms with Crippen molar-refractivity contribution in [1.29, 1.82) is 0 Å². The van der Waals surface area contributed by atoms with Crippen LogP contribution in [-0.4, -0.2) is 18.0 Å². The number of hydrogen-bond acceptors (Lipinski definition) is 3. The lowest BCUT2D eigenvalue weighted by molar-refractivity contribution is -0.124. The van der Waals surface area contributed by atoms with Gasteiger partial charge in [-0.1, -0.05) is 42.0 Å². The Kier molecular flexibility index (Phi) is 6.46. The van der Waals surface area contributed by atoms with Crippen LogP contribution in [0.15, 0.2) is 47.6 Å². The highest BCUT2D eigenvalue weighted by Gasteiger charge is 2.08. The molecule has 0 unspecified atom stereocenters. The summed E-state index contributed by atoms with van der Waals surface area (Å²) in [5.41, 5.74) is 7.42. The third kappa shape index (κ3) is 5.88. The molecule has 5 heteroatoms. The first kappa shape index (κ1) is 18.4. The maximum atomic E-state index is 12.0. The molecule has 0 saturated heterocycles. The highest BCUT2D eigenvalue weighted by Crippen LogP contribution is 2.18. The molecule has 0 saturated carbocycles. The number of hydrazone groups is 1. The van der Waals surface area contributed by atoms with Gasteiger partial charge in [-0.2, -0.15) is 5.10 Å². The number of hydrogen-bond donors (Lipinski definition) is 2. The largest absolute Gasteiger partial charge is 0.326 e. The van der Waals surface area contributed by atoms with Gasteiger partial charge in [0.1, 0.15) is 0 Å². The summed E-state index contributed by atoms with van der Waals surface area (Å²) in [7, 11) is 0. The molecule has 2 amide bonds. The SMILES string of the molecule is Cc1ccc(C=NNC(=O)CCC(=O)Nc2cccc(C)c2C)cc1. The number of nitrogens with zero attached hydrogens (tertiary/aromatic N) is 1. The second kappa shape index (κ2) is 8.78. The van der Waals surface area contributed by atoms with Crippen molar-refractivity contribution in [2.45, 2.75) is 33.6 Å². The predicted octanol–water partition coefficient (Wildman–Crippen LogP) is 3.48. The maximum Gasteiger partial charge on any atom is 0.240 e. The van der Waals surface area contributed by atoms with E-state index in [1.807, 2.05) is 63.2 Å². The number of anilines is 1. The van der Waals surface area contributed by atoms with Crippen LogP contribution in [0.3, 0.4) is 0 Å². The standard InChI is InChI=1S/C20H23N3O2/c1-14-7-9-17(10-8-14)13-21-23-20(25)12-11-19(24)22-18-6-4-5-15(2)16(18)3/h4-10,13H,11-12H2,1-3H3,(H,22,24)(H,23,25). The van der Waals surface area contributed by atoms with Gasteiger partial charge in [0.2, 0.25) is 11.8 Å². The second-order valence-electron chi connectivity index (χ2n) is 6.00. The van der Waals surface area contributed by atoms with Crippen molar-refractivity contribution >= 4 is 23.7 Å². The van der Waals surface area contributed by atoms with Crippen molar-refractivity contribution in [1.82, 2.24) is 5.43 Å². The van der Waals surface area contributed by atoms with Crippen molar-refractivity contribution in [2.75, 3.05) is 5.32 Å². The minimum atomic E-state index is -0.292. The van der Waals surface area contributed by atoms with Gasteiger partial charge in [0, 0.05) is 18.5 Å². The minimum absolute atomic E-state index is 0.0853. The molecule has 0 radical (unpaired) electrons. The number of carbonyl (C=O) groups excluding carboxylic acids is 2. The molecular weight excluding hydrogens is 314 g/mol. The molecule has 0 aliphatic carbocycles. The van der Waals surface area contributed by atoms with E-state index in [4.69, 9.17) is 0 Å². The van der Waals surface area contributed by atoms with Gasteiger partial charge < -0.3 is 5.32 Å². The first-order valence-corrected chi connectivity index (χ1v) is 8.20. The van der Waals surface area contributed by atoms with E-state index in [9.17, 15) is 9.59 Å². The Balaban J connectivity index is 1.76. The molecule has 0 atom stereocenters. The number of aryl methyl sites for hydroxylation is 2. The highest BCUT2D eigenvalue weighted by molar-refractivity contribution is 5.94. The van der Waals surface area contributed by atoms with Crippen LogP contribution in [0.25, 0.3) is 0 Å². The molecule has 0 aliphatic rings. The van der Waals surface area contributed by atoms with E-state index in [-0.39, 0.29) is 24.7 Å². The first-order chi connectivity index (χ1) is 12.0. The fourth-order valence-electron chi connectivity index (χ4n) is 2.21. The van der Waals surface area contributed by atoms with E-state index >= 15 is 0 Å². The molecule has 2 N–H and O–H groups in total. The summed E-state index contributed by atoms with van der Waals surface area (Å²) in [6.07, 6.45) is 1.77. The second-order valence-corrected chi connectivity index (χ2v) is 6.00. The molecule has 0 spiro atoms. The quantitative estimate of drug-likeness (QED) is 0.626. The third-order valence-corrected chi connectivity index (χ3v) is 3.94. The Labute approximate surface area is 148 Å². The van der Waals surface area contributed by atoms with Crippen LogP contribution in [0.4, 0.5) is 5.69 Å². The Morgan fingerprint density at radius 2 is 1.64 bits per heavy atom. The zero-order valence-corrected chi connectivity index (χ0v) is 14.8. The van der Waals surface area contributed by atoms with Gasteiger partial charge in [0.25, 0.3) is 0 Å². The smallest absolute Gasteiger partial charge is 0.240 e. The Morgan fingerprint density at radius 1 is 0.960 bits per heavy atom. The van der Waals surface area contributed by atoms with Gasteiger partial charge in [0.15, 0.2) is 0 Å². The van der Waals surface area contributed by atoms with Gasteiger partial charge in [-0.3, -0.25) is 9.59 Å². The average molecular weight is 337 g/mol. The first-order valence-electron chi connectivity index (χ1n) is 8.20. The number of amides is 2. The number of benzene rings is 2. The lowest BCUT2D eigenvalue weighted by atomic mass is 10.1. The zero-order valence-electron chi connectivity index (χ0n) is 14.8. The Bertz CT molecular complexity index is 780. The van der Waals surface area contributed by atoms with Crippen molar-refractivity contribution < 1.29 is 9.59 Å². The van der Waals surface area contributed by atoms with E-state index in [2.05, 4.69) is 15.8 Å². The topological polar surface area (TPSA) is 70.6 Å². The molecule has 5 nitrogen and oxygen atoms in total. The molecule has 130 valence electrons. The van der Waals surface area contributed by atoms with E-state index < -0.39 is 0 Å². The highest BCUT2D eigenvalue weighted by atomic mass is 16.2.